The molecule has 0 atom stereocenters. The van der Waals surface area contributed by atoms with E-state index in [9.17, 15) is 4.79 Å². The van der Waals surface area contributed by atoms with Crippen molar-refractivity contribution in [1.82, 2.24) is 10.2 Å². The summed E-state index contributed by atoms with van der Waals surface area (Å²) in [4.78, 5) is 16.9. The number of benzene rings is 1. The second-order valence-corrected chi connectivity index (χ2v) is 6.32. The van der Waals surface area contributed by atoms with E-state index in [1.54, 1.807) is 0 Å². The zero-order valence-corrected chi connectivity index (χ0v) is 14.6. The lowest BCUT2D eigenvalue weighted by Crippen LogP contribution is -2.47. The number of piperazine rings is 1. The van der Waals surface area contributed by atoms with Crippen molar-refractivity contribution in [1.29, 1.82) is 0 Å². The molecule has 1 fully saturated rings. The van der Waals surface area contributed by atoms with E-state index in [1.165, 1.54) is 5.69 Å². The fourth-order valence-corrected chi connectivity index (χ4v) is 3.19. The molecule has 1 aromatic rings. The number of nitrogens with one attached hydrogen (secondary N) is 1. The molecule has 1 amide bonds. The average Bonchev–Trinajstić information content (AvgIpc) is 2.61. The Balaban J connectivity index is 1.61. The summed E-state index contributed by atoms with van der Waals surface area (Å²) in [5.41, 5.74) is 1.32. The molecule has 1 heterocycles. The van der Waals surface area contributed by atoms with Gasteiger partial charge in [0.2, 0.25) is 5.91 Å². The first-order chi connectivity index (χ1) is 11.2. The number of hydrogen-bond donors (Lipinski definition) is 1. The maximum atomic E-state index is 11.9. The van der Waals surface area contributed by atoms with Gasteiger partial charge in [-0.15, -0.1) is 0 Å². The molecular weight excluding hydrogens is 286 g/mol. The molecule has 0 aliphatic carbocycles. The lowest BCUT2D eigenvalue weighted by molar-refractivity contribution is -0.125. The van der Waals surface area contributed by atoms with Crippen LogP contribution in [0.15, 0.2) is 30.3 Å². The smallest absolute Gasteiger partial charge is 0.223 e. The predicted octanol–water partition coefficient (Wildman–Crippen LogP) is 2.75. The Bertz CT molecular complexity index is 451. The molecule has 4 nitrogen and oxygen atoms in total. The molecule has 1 aliphatic heterocycles. The minimum Gasteiger partial charge on any atom is -0.369 e. The van der Waals surface area contributed by atoms with Gasteiger partial charge in [-0.25, -0.2) is 0 Å². The monoisotopic (exact) mass is 317 g/mol. The molecule has 0 aromatic heterocycles. The Morgan fingerprint density at radius 1 is 1.09 bits per heavy atom. The largest absolute Gasteiger partial charge is 0.369 e. The van der Waals surface area contributed by atoms with Crippen LogP contribution in [0.4, 0.5) is 5.69 Å². The third-order valence-electron chi connectivity index (χ3n) is 4.80. The van der Waals surface area contributed by atoms with Gasteiger partial charge >= 0.3 is 0 Å². The summed E-state index contributed by atoms with van der Waals surface area (Å²) in [7, 11) is 0. The van der Waals surface area contributed by atoms with Crippen molar-refractivity contribution < 1.29 is 4.79 Å². The summed E-state index contributed by atoms with van der Waals surface area (Å²) >= 11 is 0. The fraction of sp³-hybridized carbons (Fsp3) is 0.632. The van der Waals surface area contributed by atoms with Crippen molar-refractivity contribution >= 4 is 11.6 Å². The molecule has 0 saturated carbocycles. The predicted molar refractivity (Wildman–Crippen MR) is 96.8 cm³/mol. The van der Waals surface area contributed by atoms with Crippen molar-refractivity contribution in [3.8, 4) is 0 Å². The number of nitrogens with zero attached hydrogens (tertiary/aromatic N) is 2. The fourth-order valence-electron chi connectivity index (χ4n) is 3.19. The van der Waals surface area contributed by atoms with Crippen molar-refractivity contribution in [3.05, 3.63) is 30.3 Å². The highest BCUT2D eigenvalue weighted by atomic mass is 16.1. The van der Waals surface area contributed by atoms with E-state index >= 15 is 0 Å². The third kappa shape index (κ3) is 5.54. The quantitative estimate of drug-likeness (QED) is 0.749. The SMILES string of the molecule is CCC(CC)C(=O)NCCCN1CCN(c2ccccc2)CC1. The summed E-state index contributed by atoms with van der Waals surface area (Å²) in [6, 6.07) is 10.6. The van der Waals surface area contributed by atoms with Crippen LogP contribution >= 0.6 is 0 Å². The molecule has 0 spiro atoms. The Morgan fingerprint density at radius 2 is 1.74 bits per heavy atom. The first-order valence-electron chi connectivity index (χ1n) is 9.04. The Labute approximate surface area is 140 Å². The highest BCUT2D eigenvalue weighted by Gasteiger charge is 2.17. The number of carbonyl (C=O) groups is 1. The van der Waals surface area contributed by atoms with Crippen LogP contribution in [0.3, 0.4) is 0 Å². The number of rotatable bonds is 8. The molecule has 0 radical (unpaired) electrons. The van der Waals surface area contributed by atoms with E-state index in [4.69, 9.17) is 0 Å². The first-order valence-corrected chi connectivity index (χ1v) is 9.04. The molecule has 1 N–H and O–H groups in total. The van der Waals surface area contributed by atoms with Gasteiger partial charge in [-0.05, 0) is 37.9 Å². The molecule has 23 heavy (non-hydrogen) atoms. The van der Waals surface area contributed by atoms with Crippen LogP contribution in [-0.2, 0) is 4.79 Å². The van der Waals surface area contributed by atoms with Crippen LogP contribution in [0.1, 0.15) is 33.1 Å². The lowest BCUT2D eigenvalue weighted by Gasteiger charge is -2.36. The van der Waals surface area contributed by atoms with Gasteiger partial charge in [-0.2, -0.15) is 0 Å². The van der Waals surface area contributed by atoms with E-state index < -0.39 is 0 Å². The maximum Gasteiger partial charge on any atom is 0.223 e. The molecule has 4 heteroatoms. The number of amides is 1. The minimum atomic E-state index is 0.185. The van der Waals surface area contributed by atoms with E-state index in [-0.39, 0.29) is 11.8 Å². The topological polar surface area (TPSA) is 35.6 Å². The first kappa shape index (κ1) is 17.8. The molecule has 0 unspecified atom stereocenters. The lowest BCUT2D eigenvalue weighted by atomic mass is 10.0. The second kappa shape index (κ2) is 9.56. The highest BCUT2D eigenvalue weighted by molar-refractivity contribution is 5.78. The van der Waals surface area contributed by atoms with Crippen molar-refractivity contribution in [2.75, 3.05) is 44.2 Å². The van der Waals surface area contributed by atoms with Crippen LogP contribution in [-0.4, -0.2) is 50.1 Å². The Hall–Kier alpha value is -1.55. The van der Waals surface area contributed by atoms with Crippen molar-refractivity contribution in [2.24, 2.45) is 5.92 Å². The second-order valence-electron chi connectivity index (χ2n) is 6.32. The van der Waals surface area contributed by atoms with Crippen LogP contribution < -0.4 is 10.2 Å². The molecule has 1 saturated heterocycles. The van der Waals surface area contributed by atoms with Gasteiger partial charge in [0.05, 0.1) is 0 Å². The van der Waals surface area contributed by atoms with E-state index in [1.807, 2.05) is 0 Å². The summed E-state index contributed by atoms with van der Waals surface area (Å²) in [5.74, 6) is 0.410. The van der Waals surface area contributed by atoms with Crippen LogP contribution in [0.5, 0.6) is 0 Å². The summed E-state index contributed by atoms with van der Waals surface area (Å²) < 4.78 is 0. The third-order valence-corrected chi connectivity index (χ3v) is 4.80. The normalized spacial score (nSPS) is 15.9. The molecule has 0 bridgehead atoms. The average molecular weight is 317 g/mol. The highest BCUT2D eigenvalue weighted by Crippen LogP contribution is 2.15. The number of anilines is 1. The van der Waals surface area contributed by atoms with Gasteiger partial charge < -0.3 is 10.2 Å². The van der Waals surface area contributed by atoms with Gasteiger partial charge in [0, 0.05) is 44.3 Å². The standard InChI is InChI=1S/C19H31N3O/c1-3-17(4-2)19(23)20-11-8-12-21-13-15-22(16-14-21)18-9-6-5-7-10-18/h5-7,9-10,17H,3-4,8,11-16H2,1-2H3,(H,20,23). The Morgan fingerprint density at radius 3 is 2.35 bits per heavy atom. The van der Waals surface area contributed by atoms with Crippen LogP contribution in [0, 0.1) is 5.92 Å². The summed E-state index contributed by atoms with van der Waals surface area (Å²) in [6.45, 7) is 10.4. The van der Waals surface area contributed by atoms with Gasteiger partial charge in [0.1, 0.15) is 0 Å². The van der Waals surface area contributed by atoms with Gasteiger partial charge in [0.25, 0.3) is 0 Å². The molecular formula is C19H31N3O. The van der Waals surface area contributed by atoms with E-state index in [0.717, 1.165) is 58.5 Å². The van der Waals surface area contributed by atoms with Crippen LogP contribution in [0.25, 0.3) is 0 Å². The van der Waals surface area contributed by atoms with Crippen molar-refractivity contribution in [3.63, 3.8) is 0 Å². The number of carbonyl (C=O) groups excluding carboxylic acids is 1. The van der Waals surface area contributed by atoms with Crippen molar-refractivity contribution in [2.45, 2.75) is 33.1 Å². The number of hydrogen-bond acceptors (Lipinski definition) is 3. The molecule has 128 valence electrons. The van der Waals surface area contributed by atoms with E-state index in [0.29, 0.717) is 0 Å². The minimum absolute atomic E-state index is 0.185. The van der Waals surface area contributed by atoms with Crippen LogP contribution in [0.2, 0.25) is 0 Å². The van der Waals surface area contributed by atoms with Gasteiger partial charge in [-0.3, -0.25) is 9.69 Å². The molecule has 2 rings (SSSR count). The zero-order valence-electron chi connectivity index (χ0n) is 14.6. The zero-order chi connectivity index (χ0) is 16.5. The Kier molecular flexibility index (Phi) is 7.40. The van der Waals surface area contributed by atoms with Gasteiger partial charge in [0.15, 0.2) is 0 Å². The molecule has 1 aliphatic rings. The van der Waals surface area contributed by atoms with E-state index in [2.05, 4.69) is 59.3 Å². The summed E-state index contributed by atoms with van der Waals surface area (Å²) in [6.07, 6.45) is 2.91. The maximum absolute atomic E-state index is 11.9. The molecule has 1 aromatic carbocycles. The summed E-state index contributed by atoms with van der Waals surface area (Å²) in [5, 5.41) is 3.08. The number of para-hydroxylation sites is 1. The van der Waals surface area contributed by atoms with Gasteiger partial charge in [-0.1, -0.05) is 32.0 Å².